The second-order valence-corrected chi connectivity index (χ2v) is 5.75. The van der Waals surface area contributed by atoms with E-state index in [-0.39, 0.29) is 23.2 Å². The lowest BCUT2D eigenvalue weighted by Gasteiger charge is -2.15. The Labute approximate surface area is 123 Å². The van der Waals surface area contributed by atoms with Gasteiger partial charge in [0.2, 0.25) is 0 Å². The zero-order valence-electron chi connectivity index (χ0n) is 13.0. The summed E-state index contributed by atoms with van der Waals surface area (Å²) in [7, 11) is 0. The summed E-state index contributed by atoms with van der Waals surface area (Å²) < 4.78 is 4.61. The fourth-order valence-corrected chi connectivity index (χ4v) is 2.46. The second kappa shape index (κ2) is 5.85. The summed E-state index contributed by atoms with van der Waals surface area (Å²) in [6.07, 6.45) is 1.60. The molecule has 0 saturated heterocycles. The molecule has 0 spiro atoms. The highest BCUT2D eigenvalue weighted by Crippen LogP contribution is 2.13. The average molecular weight is 293 g/mol. The van der Waals surface area contributed by atoms with Gasteiger partial charge in [0, 0.05) is 25.7 Å². The lowest BCUT2D eigenvalue weighted by Crippen LogP contribution is -2.41. The van der Waals surface area contributed by atoms with Crippen LogP contribution in [-0.4, -0.2) is 25.2 Å². The Balaban J connectivity index is 2.88. The van der Waals surface area contributed by atoms with Crippen LogP contribution >= 0.6 is 0 Å². The Morgan fingerprint density at radius 2 is 1.90 bits per heavy atom. The van der Waals surface area contributed by atoms with E-state index < -0.39 is 0 Å². The van der Waals surface area contributed by atoms with Gasteiger partial charge >= 0.3 is 5.69 Å². The van der Waals surface area contributed by atoms with Crippen molar-refractivity contribution in [1.82, 2.24) is 18.7 Å². The van der Waals surface area contributed by atoms with E-state index in [2.05, 4.69) is 4.98 Å². The minimum Gasteiger partial charge on any atom is -0.328 e. The number of aromatic nitrogens is 4. The second-order valence-electron chi connectivity index (χ2n) is 5.75. The molecule has 2 N–H and O–H groups in total. The van der Waals surface area contributed by atoms with Crippen molar-refractivity contribution in [1.29, 1.82) is 0 Å². The first-order valence-corrected chi connectivity index (χ1v) is 7.32. The maximum atomic E-state index is 12.6. The third-order valence-electron chi connectivity index (χ3n) is 3.62. The molecule has 0 saturated carbocycles. The highest BCUT2D eigenvalue weighted by atomic mass is 16.2. The lowest BCUT2D eigenvalue weighted by atomic mass is 10.2. The normalized spacial score (nSPS) is 13.2. The number of imidazole rings is 1. The Hall–Kier alpha value is -1.89. The van der Waals surface area contributed by atoms with Crippen LogP contribution in [0.4, 0.5) is 0 Å². The molecule has 0 aliphatic rings. The van der Waals surface area contributed by atoms with Gasteiger partial charge in [-0.2, -0.15) is 0 Å². The minimum atomic E-state index is -0.297. The molecule has 116 valence electrons. The van der Waals surface area contributed by atoms with E-state index >= 15 is 0 Å². The van der Waals surface area contributed by atoms with E-state index in [1.54, 1.807) is 22.4 Å². The number of nitrogens with zero attached hydrogens (tertiary/aromatic N) is 4. The molecule has 0 bridgehead atoms. The summed E-state index contributed by atoms with van der Waals surface area (Å²) in [4.78, 5) is 29.3. The van der Waals surface area contributed by atoms with Crippen molar-refractivity contribution >= 4 is 11.2 Å². The molecule has 2 aromatic heterocycles. The van der Waals surface area contributed by atoms with Crippen molar-refractivity contribution in [3.8, 4) is 0 Å². The molecule has 0 aliphatic carbocycles. The molecule has 1 atom stereocenters. The van der Waals surface area contributed by atoms with Gasteiger partial charge in [-0.1, -0.05) is 13.8 Å². The van der Waals surface area contributed by atoms with Gasteiger partial charge in [0.1, 0.15) is 0 Å². The van der Waals surface area contributed by atoms with E-state index in [0.717, 1.165) is 0 Å². The van der Waals surface area contributed by atoms with Crippen LogP contribution in [0.5, 0.6) is 0 Å². The third-order valence-corrected chi connectivity index (χ3v) is 3.62. The van der Waals surface area contributed by atoms with Gasteiger partial charge in [-0.05, 0) is 19.8 Å². The van der Waals surface area contributed by atoms with Crippen LogP contribution in [0.25, 0.3) is 11.2 Å². The standard InChI is InChI=1S/C14H23N5O2/c1-5-17-13(20)11-12(16-8-19(11)10(4)6-15)18(14(17)21)7-9(2)3/h8-10H,5-7,15H2,1-4H3. The first-order valence-electron chi connectivity index (χ1n) is 7.32. The van der Waals surface area contributed by atoms with Crippen LogP contribution in [0.15, 0.2) is 15.9 Å². The van der Waals surface area contributed by atoms with Crippen molar-refractivity contribution in [3.63, 3.8) is 0 Å². The predicted octanol–water partition coefficient (Wildman–Crippen LogP) is 0.555. The maximum absolute atomic E-state index is 12.6. The molecule has 7 heteroatoms. The molecule has 2 rings (SSSR count). The largest absolute Gasteiger partial charge is 0.332 e. The highest BCUT2D eigenvalue weighted by molar-refractivity contribution is 5.70. The Morgan fingerprint density at radius 3 is 2.43 bits per heavy atom. The van der Waals surface area contributed by atoms with E-state index in [0.29, 0.717) is 30.8 Å². The molecule has 2 heterocycles. The topological polar surface area (TPSA) is 87.8 Å². The SMILES string of the molecule is CCn1c(=O)c2c(ncn2C(C)CN)n(CC(C)C)c1=O. The first kappa shape index (κ1) is 15.5. The minimum absolute atomic E-state index is 0.0435. The third kappa shape index (κ3) is 2.53. The van der Waals surface area contributed by atoms with E-state index in [4.69, 9.17) is 5.73 Å². The van der Waals surface area contributed by atoms with Gasteiger partial charge in [-0.3, -0.25) is 13.9 Å². The zero-order valence-corrected chi connectivity index (χ0v) is 13.0. The average Bonchev–Trinajstić information content (AvgIpc) is 2.88. The molecular weight excluding hydrogens is 270 g/mol. The summed E-state index contributed by atoms with van der Waals surface area (Å²) >= 11 is 0. The quantitative estimate of drug-likeness (QED) is 0.872. The lowest BCUT2D eigenvalue weighted by molar-refractivity contribution is 0.490. The Kier molecular flexibility index (Phi) is 4.32. The molecule has 0 amide bonds. The predicted molar refractivity (Wildman–Crippen MR) is 82.5 cm³/mol. The van der Waals surface area contributed by atoms with E-state index in [1.807, 2.05) is 20.8 Å². The van der Waals surface area contributed by atoms with Crippen LogP contribution in [0.3, 0.4) is 0 Å². The maximum Gasteiger partial charge on any atom is 0.332 e. The van der Waals surface area contributed by atoms with Crippen molar-refractivity contribution in [3.05, 3.63) is 27.2 Å². The molecule has 7 nitrogen and oxygen atoms in total. The number of hydrogen-bond acceptors (Lipinski definition) is 4. The number of nitrogens with two attached hydrogens (primary N) is 1. The molecule has 0 radical (unpaired) electrons. The monoisotopic (exact) mass is 293 g/mol. The fourth-order valence-electron chi connectivity index (χ4n) is 2.46. The number of fused-ring (bicyclic) bond motifs is 1. The summed E-state index contributed by atoms with van der Waals surface area (Å²) in [5.41, 5.74) is 6.01. The van der Waals surface area contributed by atoms with Gasteiger partial charge in [-0.25, -0.2) is 9.78 Å². The highest BCUT2D eigenvalue weighted by Gasteiger charge is 2.19. The van der Waals surface area contributed by atoms with E-state index in [9.17, 15) is 9.59 Å². The Bertz CT molecular complexity index is 753. The molecule has 1 unspecified atom stereocenters. The summed E-state index contributed by atoms with van der Waals surface area (Å²) in [6, 6.07) is -0.0435. The fraction of sp³-hybridized carbons (Fsp3) is 0.643. The van der Waals surface area contributed by atoms with Crippen LogP contribution in [-0.2, 0) is 13.1 Å². The molecule has 0 aliphatic heterocycles. The summed E-state index contributed by atoms with van der Waals surface area (Å²) in [5.74, 6) is 0.283. The smallest absolute Gasteiger partial charge is 0.328 e. The van der Waals surface area contributed by atoms with Gasteiger partial charge in [0.05, 0.1) is 6.33 Å². The molecule has 0 aromatic carbocycles. The molecule has 0 fully saturated rings. The molecular formula is C14H23N5O2. The van der Waals surface area contributed by atoms with Crippen molar-refractivity contribution in [2.45, 2.75) is 46.8 Å². The summed E-state index contributed by atoms with van der Waals surface area (Å²) in [6.45, 7) is 9.05. The van der Waals surface area contributed by atoms with Crippen LogP contribution in [0.2, 0.25) is 0 Å². The van der Waals surface area contributed by atoms with Crippen molar-refractivity contribution < 1.29 is 0 Å². The van der Waals surface area contributed by atoms with Gasteiger partial charge in [0.25, 0.3) is 5.56 Å². The van der Waals surface area contributed by atoms with Crippen LogP contribution in [0.1, 0.15) is 33.7 Å². The van der Waals surface area contributed by atoms with Gasteiger partial charge < -0.3 is 10.3 Å². The molecule has 21 heavy (non-hydrogen) atoms. The van der Waals surface area contributed by atoms with Crippen LogP contribution in [0, 0.1) is 5.92 Å². The van der Waals surface area contributed by atoms with Gasteiger partial charge in [0.15, 0.2) is 11.2 Å². The molecule has 2 aromatic rings. The Morgan fingerprint density at radius 1 is 1.24 bits per heavy atom. The van der Waals surface area contributed by atoms with Crippen molar-refractivity contribution in [2.24, 2.45) is 11.7 Å². The van der Waals surface area contributed by atoms with Crippen molar-refractivity contribution in [2.75, 3.05) is 6.54 Å². The number of rotatable bonds is 5. The first-order chi connectivity index (χ1) is 9.92. The van der Waals surface area contributed by atoms with Gasteiger partial charge in [-0.15, -0.1) is 0 Å². The summed E-state index contributed by atoms with van der Waals surface area (Å²) in [5, 5.41) is 0. The zero-order chi connectivity index (χ0) is 15.7. The van der Waals surface area contributed by atoms with E-state index in [1.165, 1.54) is 4.57 Å². The number of hydrogen-bond donors (Lipinski definition) is 1. The van der Waals surface area contributed by atoms with Crippen LogP contribution < -0.4 is 17.0 Å².